The van der Waals surface area contributed by atoms with Gasteiger partial charge in [0.15, 0.2) is 0 Å². The fourth-order valence-corrected chi connectivity index (χ4v) is 3.32. The SMILES string of the molecule is COc1cc(C)c(C(=O)N2CCN(C(=O)Cc3ccc[nH]3)CC2)cc1C. The first kappa shape index (κ1) is 18.0. The fourth-order valence-electron chi connectivity index (χ4n) is 3.32. The molecule has 1 aromatic carbocycles. The van der Waals surface area contributed by atoms with Crippen LogP contribution in [-0.2, 0) is 11.2 Å². The van der Waals surface area contributed by atoms with Crippen molar-refractivity contribution < 1.29 is 14.3 Å². The zero-order valence-corrected chi connectivity index (χ0v) is 15.5. The summed E-state index contributed by atoms with van der Waals surface area (Å²) in [6.07, 6.45) is 2.19. The summed E-state index contributed by atoms with van der Waals surface area (Å²) in [6.45, 7) is 6.11. The molecular formula is C20H25N3O3. The normalized spacial score (nSPS) is 14.4. The Morgan fingerprint density at radius 1 is 1.08 bits per heavy atom. The van der Waals surface area contributed by atoms with E-state index in [4.69, 9.17) is 4.74 Å². The van der Waals surface area contributed by atoms with Gasteiger partial charge in [-0.1, -0.05) is 0 Å². The molecule has 1 N–H and O–H groups in total. The van der Waals surface area contributed by atoms with Crippen molar-refractivity contribution in [2.45, 2.75) is 20.3 Å². The summed E-state index contributed by atoms with van der Waals surface area (Å²) in [5.41, 5.74) is 3.47. The van der Waals surface area contributed by atoms with E-state index in [9.17, 15) is 9.59 Å². The van der Waals surface area contributed by atoms with Crippen LogP contribution in [-0.4, -0.2) is 59.9 Å². The maximum atomic E-state index is 12.9. The average molecular weight is 355 g/mol. The fraction of sp³-hybridized carbons (Fsp3) is 0.400. The number of aromatic amines is 1. The van der Waals surface area contributed by atoms with Gasteiger partial charge in [-0.05, 0) is 49.2 Å². The Hall–Kier alpha value is -2.76. The standard InChI is InChI=1S/C20H25N3O3/c1-14-12-18(26-3)15(2)11-17(14)20(25)23-9-7-22(8-10-23)19(24)13-16-5-4-6-21-16/h4-6,11-12,21H,7-10,13H2,1-3H3. The molecule has 2 aromatic rings. The first-order valence-corrected chi connectivity index (χ1v) is 8.84. The number of hydrogen-bond acceptors (Lipinski definition) is 3. The Bertz CT molecular complexity index is 791. The highest BCUT2D eigenvalue weighted by molar-refractivity contribution is 5.96. The number of benzene rings is 1. The van der Waals surface area contributed by atoms with Gasteiger partial charge in [-0.25, -0.2) is 0 Å². The molecule has 1 aliphatic rings. The van der Waals surface area contributed by atoms with Gasteiger partial charge in [-0.3, -0.25) is 9.59 Å². The summed E-state index contributed by atoms with van der Waals surface area (Å²) in [5.74, 6) is 0.902. The second-order valence-corrected chi connectivity index (χ2v) is 6.68. The molecule has 2 amide bonds. The Labute approximate surface area is 153 Å². The van der Waals surface area contributed by atoms with E-state index in [-0.39, 0.29) is 11.8 Å². The van der Waals surface area contributed by atoms with Gasteiger partial charge in [0.2, 0.25) is 5.91 Å². The van der Waals surface area contributed by atoms with Crippen molar-refractivity contribution in [3.63, 3.8) is 0 Å². The number of nitrogens with one attached hydrogen (secondary N) is 1. The van der Waals surface area contributed by atoms with Gasteiger partial charge in [0, 0.05) is 43.6 Å². The van der Waals surface area contributed by atoms with Crippen LogP contribution in [0.5, 0.6) is 5.75 Å². The maximum Gasteiger partial charge on any atom is 0.254 e. The van der Waals surface area contributed by atoms with Crippen molar-refractivity contribution in [1.29, 1.82) is 0 Å². The highest BCUT2D eigenvalue weighted by Crippen LogP contribution is 2.24. The van der Waals surface area contributed by atoms with Gasteiger partial charge >= 0.3 is 0 Å². The first-order chi connectivity index (χ1) is 12.5. The van der Waals surface area contributed by atoms with E-state index in [0.29, 0.717) is 38.2 Å². The molecule has 2 heterocycles. The summed E-state index contributed by atoms with van der Waals surface area (Å²) in [5, 5.41) is 0. The van der Waals surface area contributed by atoms with E-state index in [1.165, 1.54) is 0 Å². The molecule has 0 saturated carbocycles. The molecule has 6 nitrogen and oxygen atoms in total. The smallest absolute Gasteiger partial charge is 0.254 e. The Kier molecular flexibility index (Phi) is 5.30. The van der Waals surface area contributed by atoms with Crippen LogP contribution in [0.3, 0.4) is 0 Å². The largest absolute Gasteiger partial charge is 0.496 e. The van der Waals surface area contributed by atoms with E-state index >= 15 is 0 Å². The van der Waals surface area contributed by atoms with E-state index in [0.717, 1.165) is 22.6 Å². The number of carbonyl (C=O) groups is 2. The van der Waals surface area contributed by atoms with Crippen LogP contribution in [0.4, 0.5) is 0 Å². The first-order valence-electron chi connectivity index (χ1n) is 8.84. The number of H-pyrrole nitrogens is 1. The molecule has 0 aliphatic carbocycles. The van der Waals surface area contributed by atoms with Gasteiger partial charge in [-0.2, -0.15) is 0 Å². The van der Waals surface area contributed by atoms with Crippen molar-refractivity contribution in [3.05, 3.63) is 52.8 Å². The summed E-state index contributed by atoms with van der Waals surface area (Å²) in [4.78, 5) is 32.0. The summed E-state index contributed by atoms with van der Waals surface area (Å²) in [6, 6.07) is 7.59. The lowest BCUT2D eigenvalue weighted by Crippen LogP contribution is -2.51. The third kappa shape index (κ3) is 3.74. The zero-order valence-electron chi connectivity index (χ0n) is 15.5. The monoisotopic (exact) mass is 355 g/mol. The minimum Gasteiger partial charge on any atom is -0.496 e. The van der Waals surface area contributed by atoms with Gasteiger partial charge in [0.1, 0.15) is 5.75 Å². The van der Waals surface area contributed by atoms with Gasteiger partial charge in [0.05, 0.1) is 13.5 Å². The molecule has 1 aromatic heterocycles. The van der Waals surface area contributed by atoms with Crippen molar-refractivity contribution in [2.24, 2.45) is 0 Å². The lowest BCUT2D eigenvalue weighted by molar-refractivity contribution is -0.132. The van der Waals surface area contributed by atoms with Crippen molar-refractivity contribution in [3.8, 4) is 5.75 Å². The van der Waals surface area contributed by atoms with Crippen molar-refractivity contribution >= 4 is 11.8 Å². The number of ether oxygens (including phenoxy) is 1. The average Bonchev–Trinajstić information content (AvgIpc) is 3.15. The van der Waals surface area contributed by atoms with Crippen LogP contribution < -0.4 is 4.74 Å². The van der Waals surface area contributed by atoms with E-state index in [1.54, 1.807) is 7.11 Å². The minimum atomic E-state index is 0.0183. The minimum absolute atomic E-state index is 0.0183. The molecule has 1 saturated heterocycles. The van der Waals surface area contributed by atoms with Gasteiger partial charge in [0.25, 0.3) is 5.91 Å². The van der Waals surface area contributed by atoms with Crippen molar-refractivity contribution in [1.82, 2.24) is 14.8 Å². The molecule has 6 heteroatoms. The maximum absolute atomic E-state index is 12.9. The van der Waals surface area contributed by atoms with Crippen LogP contribution >= 0.6 is 0 Å². The molecule has 26 heavy (non-hydrogen) atoms. The second kappa shape index (κ2) is 7.64. The molecule has 0 radical (unpaired) electrons. The molecule has 1 fully saturated rings. The number of aromatic nitrogens is 1. The quantitative estimate of drug-likeness (QED) is 0.914. The lowest BCUT2D eigenvalue weighted by Gasteiger charge is -2.35. The van der Waals surface area contributed by atoms with Crippen LogP contribution in [0.1, 0.15) is 27.2 Å². The second-order valence-electron chi connectivity index (χ2n) is 6.68. The van der Waals surface area contributed by atoms with Gasteiger partial charge in [-0.15, -0.1) is 0 Å². The Morgan fingerprint density at radius 2 is 1.77 bits per heavy atom. The molecular weight excluding hydrogens is 330 g/mol. The van der Waals surface area contributed by atoms with E-state index in [2.05, 4.69) is 4.98 Å². The number of nitrogens with zero attached hydrogens (tertiary/aromatic N) is 2. The summed E-state index contributed by atoms with van der Waals surface area (Å²) < 4.78 is 5.32. The highest BCUT2D eigenvalue weighted by atomic mass is 16.5. The molecule has 0 spiro atoms. The van der Waals surface area contributed by atoms with Crippen molar-refractivity contribution in [2.75, 3.05) is 33.3 Å². The topological polar surface area (TPSA) is 65.6 Å². The molecule has 138 valence electrons. The molecule has 3 rings (SSSR count). The van der Waals surface area contributed by atoms with Crippen LogP contribution in [0.15, 0.2) is 30.5 Å². The number of carbonyl (C=O) groups excluding carboxylic acids is 2. The van der Waals surface area contributed by atoms with E-state index < -0.39 is 0 Å². The number of methoxy groups -OCH3 is 1. The van der Waals surface area contributed by atoms with Gasteiger partial charge < -0.3 is 19.5 Å². The number of piperazine rings is 1. The third-order valence-electron chi connectivity index (χ3n) is 4.90. The molecule has 0 bridgehead atoms. The van der Waals surface area contributed by atoms with Crippen LogP contribution in [0.2, 0.25) is 0 Å². The molecule has 0 atom stereocenters. The number of aryl methyl sites for hydroxylation is 2. The zero-order chi connectivity index (χ0) is 18.7. The van der Waals surface area contributed by atoms with Crippen LogP contribution in [0.25, 0.3) is 0 Å². The third-order valence-corrected chi connectivity index (χ3v) is 4.90. The summed E-state index contributed by atoms with van der Waals surface area (Å²) in [7, 11) is 1.63. The number of rotatable bonds is 4. The predicted molar refractivity (Wildman–Crippen MR) is 99.4 cm³/mol. The molecule has 0 unspecified atom stereocenters. The predicted octanol–water partition coefficient (Wildman–Crippen LogP) is 2.17. The highest BCUT2D eigenvalue weighted by Gasteiger charge is 2.26. The van der Waals surface area contributed by atoms with Crippen LogP contribution in [0, 0.1) is 13.8 Å². The number of amides is 2. The Morgan fingerprint density at radius 3 is 2.38 bits per heavy atom. The van der Waals surface area contributed by atoms with E-state index in [1.807, 2.05) is 54.1 Å². The lowest BCUT2D eigenvalue weighted by atomic mass is 10.0. The number of hydrogen-bond donors (Lipinski definition) is 1. The Balaban J connectivity index is 1.62. The summed E-state index contributed by atoms with van der Waals surface area (Å²) >= 11 is 0. The molecule has 1 aliphatic heterocycles.